The minimum atomic E-state index is -1.19. The number of nitrogens with two attached hydrogens (primary N) is 2. The number of nitrogen functional groups attached to an aromatic ring is 2. The second kappa shape index (κ2) is 8.94. The fourth-order valence-corrected chi connectivity index (χ4v) is 3.30. The molecule has 168 valence electrons. The number of pyridine rings is 1. The summed E-state index contributed by atoms with van der Waals surface area (Å²) >= 11 is 0. The number of carbonyl (C=O) groups excluding carboxylic acids is 1. The molecular weight excluding hydrogens is 434 g/mol. The van der Waals surface area contributed by atoms with E-state index in [0.29, 0.717) is 0 Å². The Morgan fingerprint density at radius 2 is 2.12 bits per heavy atom. The summed E-state index contributed by atoms with van der Waals surface area (Å²) < 4.78 is 10.5. The first-order chi connectivity index (χ1) is 15.7. The van der Waals surface area contributed by atoms with Crippen LogP contribution in [0.5, 0.6) is 11.5 Å². The average Bonchev–Trinajstić information content (AvgIpc) is 2.74. The molecule has 14 nitrogen and oxygen atoms in total. The molecule has 3 rings (SSSR count). The number of nitrogens with one attached hydrogen (secondary N) is 2. The van der Waals surface area contributed by atoms with Gasteiger partial charge in [-0.3, -0.25) is 20.2 Å². The molecule has 0 saturated heterocycles. The maximum atomic E-state index is 12.1. The third-order valence-electron chi connectivity index (χ3n) is 4.50. The first kappa shape index (κ1) is 22.6. The number of nitrogens with zero attached hydrogens (tertiary/aromatic N) is 5. The average molecular weight is 451 g/mol. The number of hydrogen-bond donors (Lipinski definition) is 4. The monoisotopic (exact) mass is 451 g/mol. The van der Waals surface area contributed by atoms with Gasteiger partial charge in [0.2, 0.25) is 11.7 Å². The zero-order valence-electron chi connectivity index (χ0n) is 17.4. The molecule has 0 amide bonds. The summed E-state index contributed by atoms with van der Waals surface area (Å²) in [5, 5.41) is 35.6. The van der Waals surface area contributed by atoms with E-state index < -0.39 is 22.6 Å². The number of nitriles is 2. The van der Waals surface area contributed by atoms with E-state index in [-0.39, 0.29) is 58.1 Å². The summed E-state index contributed by atoms with van der Waals surface area (Å²) in [6, 6.07) is 3.29. The maximum absolute atomic E-state index is 12.1. The fraction of sp³-hybridized carbons (Fsp3) is 0.211. The summed E-state index contributed by atoms with van der Waals surface area (Å²) in [6.45, 7) is 2.78. The van der Waals surface area contributed by atoms with Crippen molar-refractivity contribution in [2.45, 2.75) is 19.9 Å². The van der Waals surface area contributed by atoms with Gasteiger partial charge in [0.1, 0.15) is 29.3 Å². The van der Waals surface area contributed by atoms with Crippen LogP contribution in [-0.2, 0) is 4.79 Å². The van der Waals surface area contributed by atoms with Gasteiger partial charge in [0.05, 0.1) is 22.8 Å². The molecule has 0 saturated carbocycles. The topological polar surface area (TPSA) is 228 Å². The van der Waals surface area contributed by atoms with Crippen molar-refractivity contribution in [2.24, 2.45) is 4.99 Å². The molecule has 2 aromatic rings. The molecule has 1 atom stereocenters. The molecule has 0 bridgehead atoms. The maximum Gasteiger partial charge on any atom is 0.320 e. The molecule has 1 aromatic heterocycles. The van der Waals surface area contributed by atoms with Crippen molar-refractivity contribution in [1.29, 1.82) is 10.5 Å². The van der Waals surface area contributed by atoms with Crippen LogP contribution in [0.2, 0.25) is 0 Å². The minimum absolute atomic E-state index is 0.0125. The zero-order chi connectivity index (χ0) is 24.3. The number of rotatable bonds is 5. The Bertz CT molecular complexity index is 1280. The van der Waals surface area contributed by atoms with Crippen molar-refractivity contribution in [3.05, 3.63) is 38.9 Å². The van der Waals surface area contributed by atoms with E-state index in [1.807, 2.05) is 6.07 Å². The van der Waals surface area contributed by atoms with Gasteiger partial charge in [-0.05, 0) is 19.1 Å². The lowest BCUT2D eigenvalue weighted by atomic mass is 9.93. The van der Waals surface area contributed by atoms with Crippen LogP contribution in [0.25, 0.3) is 0 Å². The number of nitro benzene ring substituents is 1. The summed E-state index contributed by atoms with van der Waals surface area (Å²) in [5.74, 6) is -1.35. The Hall–Kier alpha value is -5.11. The first-order valence-corrected chi connectivity index (χ1v) is 9.34. The Kier molecular flexibility index (Phi) is 6.12. The van der Waals surface area contributed by atoms with Gasteiger partial charge in [-0.15, -0.1) is 0 Å². The fourth-order valence-electron chi connectivity index (χ4n) is 3.30. The largest absolute Gasteiger partial charge is 0.485 e. The van der Waals surface area contributed by atoms with E-state index in [1.165, 1.54) is 12.1 Å². The van der Waals surface area contributed by atoms with Gasteiger partial charge in [-0.1, -0.05) is 0 Å². The highest BCUT2D eigenvalue weighted by molar-refractivity contribution is 5.98. The molecule has 2 heterocycles. The predicted molar refractivity (Wildman–Crippen MR) is 115 cm³/mol. The number of carbonyl (C=O) groups is 1. The Morgan fingerprint density at radius 1 is 1.39 bits per heavy atom. The molecule has 33 heavy (non-hydrogen) atoms. The first-order valence-electron chi connectivity index (χ1n) is 9.34. The summed E-state index contributed by atoms with van der Waals surface area (Å²) in [5.41, 5.74) is 11.4. The quantitative estimate of drug-likeness (QED) is 0.126. The third kappa shape index (κ3) is 4.08. The van der Waals surface area contributed by atoms with Crippen LogP contribution in [0, 0.1) is 32.9 Å². The summed E-state index contributed by atoms with van der Waals surface area (Å²) in [4.78, 5) is 31.3. The molecule has 6 N–H and O–H groups in total. The van der Waals surface area contributed by atoms with Gasteiger partial charge in [-0.25, -0.2) is 9.98 Å². The highest BCUT2D eigenvalue weighted by atomic mass is 16.6. The number of esters is 1. The van der Waals surface area contributed by atoms with Crippen molar-refractivity contribution in [1.82, 2.24) is 10.3 Å². The zero-order valence-corrected chi connectivity index (χ0v) is 17.4. The lowest BCUT2D eigenvalue weighted by Crippen LogP contribution is -2.33. The Labute approximate surface area is 186 Å². The Balaban J connectivity index is 2.37. The van der Waals surface area contributed by atoms with E-state index in [4.69, 9.17) is 26.2 Å². The van der Waals surface area contributed by atoms with E-state index in [1.54, 1.807) is 13.1 Å². The van der Waals surface area contributed by atoms with Crippen molar-refractivity contribution in [3.63, 3.8) is 0 Å². The standard InChI is InChI=1S/C19H17N9O5/c1-3-32-16-11(33-8(2)29)5-4-9(15(16)28(30)31)14-12-13(22)10(6-20)17(23)26-18(12)27-19(25-14)24-7-21/h4-5,14H,3H2,1-2H3,(H6,22,23,24,25,26,27). The van der Waals surface area contributed by atoms with E-state index in [0.717, 1.165) is 6.92 Å². The lowest BCUT2D eigenvalue weighted by Gasteiger charge is -2.26. The summed E-state index contributed by atoms with van der Waals surface area (Å²) in [6.07, 6.45) is 1.69. The number of hydrogen-bond acceptors (Lipinski definition) is 13. The number of guanidine groups is 1. The SMILES string of the molecule is CCOc1c(OC(C)=O)ccc(C2N=C(NC#N)Nc3nc(N)c(C#N)c(N)c32)c1[N+](=O)[O-]. The number of aliphatic imine (C=N–C) groups is 1. The van der Waals surface area contributed by atoms with E-state index in [2.05, 4.69) is 20.6 Å². The lowest BCUT2D eigenvalue weighted by molar-refractivity contribution is -0.386. The molecule has 1 unspecified atom stereocenters. The second-order valence-corrected chi connectivity index (χ2v) is 6.52. The molecule has 0 aliphatic carbocycles. The number of fused-ring (bicyclic) bond motifs is 1. The normalized spacial score (nSPS) is 13.9. The molecule has 0 fully saturated rings. The number of aromatic nitrogens is 1. The van der Waals surface area contributed by atoms with Crippen LogP contribution in [0.4, 0.5) is 23.0 Å². The van der Waals surface area contributed by atoms with E-state index >= 15 is 0 Å². The predicted octanol–water partition coefficient (Wildman–Crippen LogP) is 1.29. The molecule has 1 aliphatic rings. The van der Waals surface area contributed by atoms with Gasteiger partial charge in [0.15, 0.2) is 11.9 Å². The second-order valence-electron chi connectivity index (χ2n) is 6.52. The van der Waals surface area contributed by atoms with Crippen LogP contribution in [0.15, 0.2) is 17.1 Å². The highest BCUT2D eigenvalue weighted by Gasteiger charge is 2.37. The number of ether oxygens (including phenoxy) is 2. The van der Waals surface area contributed by atoms with Gasteiger partial charge in [0.25, 0.3) is 0 Å². The summed E-state index contributed by atoms with van der Waals surface area (Å²) in [7, 11) is 0. The molecule has 1 aromatic carbocycles. The Morgan fingerprint density at radius 3 is 2.70 bits per heavy atom. The molecule has 0 radical (unpaired) electrons. The highest BCUT2D eigenvalue weighted by Crippen LogP contribution is 2.48. The smallest absolute Gasteiger partial charge is 0.320 e. The third-order valence-corrected chi connectivity index (χ3v) is 4.50. The van der Waals surface area contributed by atoms with Crippen LogP contribution in [-0.4, -0.2) is 28.4 Å². The van der Waals surface area contributed by atoms with Gasteiger partial charge < -0.3 is 26.3 Å². The number of anilines is 3. The van der Waals surface area contributed by atoms with Crippen LogP contribution in [0.1, 0.15) is 36.6 Å². The van der Waals surface area contributed by atoms with Crippen LogP contribution >= 0.6 is 0 Å². The van der Waals surface area contributed by atoms with Gasteiger partial charge in [0, 0.05) is 12.5 Å². The number of benzene rings is 1. The van der Waals surface area contributed by atoms with Gasteiger partial charge in [-0.2, -0.15) is 10.5 Å². The van der Waals surface area contributed by atoms with Crippen molar-refractivity contribution in [3.8, 4) is 23.8 Å². The molecule has 14 heteroatoms. The number of nitro groups is 1. The minimum Gasteiger partial charge on any atom is -0.485 e. The molecular formula is C19H17N9O5. The van der Waals surface area contributed by atoms with Crippen molar-refractivity contribution < 1.29 is 19.2 Å². The van der Waals surface area contributed by atoms with Crippen molar-refractivity contribution >= 4 is 34.9 Å². The van der Waals surface area contributed by atoms with Crippen LogP contribution < -0.4 is 31.6 Å². The molecule has 0 spiro atoms. The van der Waals surface area contributed by atoms with Gasteiger partial charge >= 0.3 is 11.7 Å². The van der Waals surface area contributed by atoms with Crippen LogP contribution in [0.3, 0.4) is 0 Å². The molecule has 1 aliphatic heterocycles. The van der Waals surface area contributed by atoms with Crippen molar-refractivity contribution in [2.75, 3.05) is 23.4 Å². The van der Waals surface area contributed by atoms with E-state index in [9.17, 15) is 20.2 Å².